The van der Waals surface area contributed by atoms with Crippen LogP contribution in [0.3, 0.4) is 0 Å². The molecule has 0 fully saturated rings. The van der Waals surface area contributed by atoms with Crippen molar-refractivity contribution in [2.24, 2.45) is 0 Å². The van der Waals surface area contributed by atoms with Gasteiger partial charge in [-0.05, 0) is 72.8 Å². The van der Waals surface area contributed by atoms with Crippen LogP contribution < -0.4 is 0 Å². The molecule has 0 bridgehead atoms. The number of halogens is 3. The van der Waals surface area contributed by atoms with Gasteiger partial charge >= 0.3 is 0 Å². The Morgan fingerprint density at radius 2 is 0.636 bits per heavy atom. The first-order valence-electron chi connectivity index (χ1n) is 6.78. The third-order valence-corrected chi connectivity index (χ3v) is 3.40. The average molecular weight is 297 g/mol. The fourth-order valence-electron chi connectivity index (χ4n) is 2.35. The molecule has 3 aromatic rings. The molecule has 0 spiro atoms. The van der Waals surface area contributed by atoms with Crippen LogP contribution in [-0.4, -0.2) is 0 Å². The van der Waals surface area contributed by atoms with E-state index < -0.39 is 0 Å². The summed E-state index contributed by atoms with van der Waals surface area (Å²) >= 11 is 0. The number of hydrogen-bond acceptors (Lipinski definition) is 0. The molecule has 0 radical (unpaired) electrons. The monoisotopic (exact) mass is 297 g/mol. The minimum Gasteiger partial charge on any atom is -0.206 e. The summed E-state index contributed by atoms with van der Waals surface area (Å²) in [6, 6.07) is 18.1. The first-order chi connectivity index (χ1) is 10.6. The van der Waals surface area contributed by atoms with Gasteiger partial charge in [0.05, 0.1) is 22.6 Å². The van der Waals surface area contributed by atoms with Crippen LogP contribution in [0.15, 0.2) is 72.8 Å². The molecule has 0 N–H and O–H groups in total. The highest BCUT2D eigenvalue weighted by Gasteiger charge is 2.22. The predicted octanol–water partition coefficient (Wildman–Crippen LogP) is 5.12. The molecule has 108 valence electrons. The van der Waals surface area contributed by atoms with Crippen molar-refractivity contribution < 1.29 is 13.2 Å². The zero-order valence-corrected chi connectivity index (χ0v) is 11.6. The van der Waals surface area contributed by atoms with Crippen molar-refractivity contribution in [1.82, 2.24) is 0 Å². The highest BCUT2D eigenvalue weighted by atomic mass is 19.1. The standard InChI is InChI=1S/C19H12F3/c20-16-7-1-13(2-8-16)19(14-3-9-17(21)10-4-14)15-5-11-18(22)12-6-15/h1-12H/q+1. The van der Waals surface area contributed by atoms with Gasteiger partial charge in [0.25, 0.3) is 0 Å². The van der Waals surface area contributed by atoms with Gasteiger partial charge in [0.15, 0.2) is 0 Å². The molecule has 22 heavy (non-hydrogen) atoms. The minimum atomic E-state index is -0.332. The summed E-state index contributed by atoms with van der Waals surface area (Å²) in [4.78, 5) is 0. The highest BCUT2D eigenvalue weighted by molar-refractivity contribution is 5.57. The van der Waals surface area contributed by atoms with E-state index in [1.54, 1.807) is 36.4 Å². The first-order valence-corrected chi connectivity index (χ1v) is 6.78. The molecule has 3 heteroatoms. The summed E-state index contributed by atoms with van der Waals surface area (Å²) in [7, 11) is 0. The summed E-state index contributed by atoms with van der Waals surface area (Å²) < 4.78 is 39.5. The Labute approximate surface area is 126 Å². The Balaban J connectivity index is 2.10. The van der Waals surface area contributed by atoms with Gasteiger partial charge in [0.1, 0.15) is 17.5 Å². The highest BCUT2D eigenvalue weighted by Crippen LogP contribution is 2.31. The van der Waals surface area contributed by atoms with E-state index in [9.17, 15) is 13.2 Å². The zero-order valence-electron chi connectivity index (χ0n) is 11.6. The van der Waals surface area contributed by atoms with E-state index in [4.69, 9.17) is 0 Å². The average Bonchev–Trinajstić information content (AvgIpc) is 2.53. The Morgan fingerprint density at radius 3 is 0.864 bits per heavy atom. The Bertz CT molecular complexity index is 636. The Morgan fingerprint density at radius 1 is 0.409 bits per heavy atom. The molecule has 0 heterocycles. The lowest BCUT2D eigenvalue weighted by Crippen LogP contribution is -2.05. The van der Waals surface area contributed by atoms with Crippen molar-refractivity contribution in [3.8, 4) is 0 Å². The van der Waals surface area contributed by atoms with Gasteiger partial charge in [-0.2, -0.15) is 0 Å². The van der Waals surface area contributed by atoms with E-state index in [0.29, 0.717) is 0 Å². The molecule has 0 aliphatic heterocycles. The second kappa shape index (κ2) is 5.98. The smallest absolute Gasteiger partial charge is 0.134 e. The summed E-state index contributed by atoms with van der Waals surface area (Å²) in [5, 5.41) is 0. The molecule has 0 aliphatic rings. The maximum Gasteiger partial charge on any atom is 0.134 e. The molecule has 0 saturated heterocycles. The number of benzene rings is 3. The molecular weight excluding hydrogens is 285 g/mol. The topological polar surface area (TPSA) is 0 Å². The van der Waals surface area contributed by atoms with E-state index in [2.05, 4.69) is 0 Å². The van der Waals surface area contributed by atoms with Crippen molar-refractivity contribution in [2.45, 2.75) is 0 Å². The lowest BCUT2D eigenvalue weighted by atomic mass is 9.85. The second-order valence-corrected chi connectivity index (χ2v) is 4.90. The molecule has 0 nitrogen and oxygen atoms in total. The van der Waals surface area contributed by atoms with Crippen LogP contribution in [0, 0.1) is 23.4 Å². The van der Waals surface area contributed by atoms with Crippen molar-refractivity contribution in [3.63, 3.8) is 0 Å². The van der Waals surface area contributed by atoms with E-state index in [0.717, 1.165) is 22.6 Å². The first kappa shape index (κ1) is 14.3. The van der Waals surface area contributed by atoms with Crippen LogP contribution >= 0.6 is 0 Å². The van der Waals surface area contributed by atoms with Crippen molar-refractivity contribution in [3.05, 3.63) is 113 Å². The minimum absolute atomic E-state index is 0.332. The predicted molar refractivity (Wildman–Crippen MR) is 79.7 cm³/mol. The largest absolute Gasteiger partial charge is 0.206 e. The van der Waals surface area contributed by atoms with Crippen molar-refractivity contribution in [1.29, 1.82) is 0 Å². The lowest BCUT2D eigenvalue weighted by molar-refractivity contribution is 0.627. The molecule has 0 atom stereocenters. The van der Waals surface area contributed by atoms with Gasteiger partial charge in [0.2, 0.25) is 0 Å². The van der Waals surface area contributed by atoms with Crippen LogP contribution in [0.1, 0.15) is 16.7 Å². The maximum absolute atomic E-state index is 13.2. The van der Waals surface area contributed by atoms with E-state index in [1.807, 2.05) is 0 Å². The van der Waals surface area contributed by atoms with Gasteiger partial charge < -0.3 is 0 Å². The molecule has 3 rings (SSSR count). The van der Waals surface area contributed by atoms with Gasteiger partial charge in [-0.1, -0.05) is 0 Å². The summed E-state index contributed by atoms with van der Waals surface area (Å²) in [6.07, 6.45) is 0. The van der Waals surface area contributed by atoms with Gasteiger partial charge in [0, 0.05) is 0 Å². The van der Waals surface area contributed by atoms with Crippen LogP contribution in [0.25, 0.3) is 0 Å². The summed E-state index contributed by atoms with van der Waals surface area (Å²) in [5.74, 6) is -0.205. The second-order valence-electron chi connectivity index (χ2n) is 4.90. The third-order valence-electron chi connectivity index (χ3n) is 3.40. The van der Waals surface area contributed by atoms with Crippen molar-refractivity contribution >= 4 is 0 Å². The Kier molecular flexibility index (Phi) is 3.88. The SMILES string of the molecule is Fc1ccc([C+](c2ccc(F)cc2)c2ccc(F)cc2)cc1. The van der Waals surface area contributed by atoms with Crippen LogP contribution in [0.4, 0.5) is 13.2 Å². The van der Waals surface area contributed by atoms with E-state index in [-0.39, 0.29) is 17.5 Å². The number of rotatable bonds is 3. The molecule has 0 aromatic heterocycles. The van der Waals surface area contributed by atoms with Crippen LogP contribution in [0.5, 0.6) is 0 Å². The third kappa shape index (κ3) is 2.98. The normalized spacial score (nSPS) is 10.5. The molecular formula is C19H12F3+. The van der Waals surface area contributed by atoms with E-state index in [1.165, 1.54) is 36.4 Å². The fraction of sp³-hybridized carbons (Fsp3) is 0. The Hall–Kier alpha value is -2.68. The zero-order chi connectivity index (χ0) is 15.5. The lowest BCUT2D eigenvalue weighted by Gasteiger charge is -2.13. The van der Waals surface area contributed by atoms with E-state index >= 15 is 0 Å². The maximum atomic E-state index is 13.2. The summed E-state index contributed by atoms with van der Waals surface area (Å²) in [5.41, 5.74) is 2.33. The molecule has 0 unspecified atom stereocenters. The van der Waals surface area contributed by atoms with Gasteiger partial charge in [-0.15, -0.1) is 0 Å². The quantitative estimate of drug-likeness (QED) is 0.465. The fourth-order valence-corrected chi connectivity index (χ4v) is 2.35. The molecule has 0 aliphatic carbocycles. The molecule has 3 aromatic carbocycles. The summed E-state index contributed by atoms with van der Waals surface area (Å²) in [6.45, 7) is 0. The molecule has 0 saturated carbocycles. The van der Waals surface area contributed by atoms with Crippen molar-refractivity contribution in [2.75, 3.05) is 0 Å². The molecule has 0 amide bonds. The van der Waals surface area contributed by atoms with Crippen LogP contribution in [-0.2, 0) is 0 Å². The van der Waals surface area contributed by atoms with Crippen LogP contribution in [0.2, 0.25) is 0 Å². The van der Waals surface area contributed by atoms with Gasteiger partial charge in [-0.25, -0.2) is 13.2 Å². The van der Waals surface area contributed by atoms with Gasteiger partial charge in [-0.3, -0.25) is 0 Å². The number of hydrogen-bond donors (Lipinski definition) is 0.